The van der Waals surface area contributed by atoms with Crippen LogP contribution >= 0.6 is 0 Å². The van der Waals surface area contributed by atoms with Crippen LogP contribution in [0.2, 0.25) is 0 Å². The van der Waals surface area contributed by atoms with Crippen LogP contribution in [0, 0.1) is 0 Å². The van der Waals surface area contributed by atoms with E-state index in [0.29, 0.717) is 11.7 Å². The number of anilines is 1. The zero-order chi connectivity index (χ0) is 18.8. The van der Waals surface area contributed by atoms with Crippen LogP contribution in [0.3, 0.4) is 0 Å². The summed E-state index contributed by atoms with van der Waals surface area (Å²) >= 11 is 0. The zero-order valence-electron chi connectivity index (χ0n) is 15.9. The predicted molar refractivity (Wildman–Crippen MR) is 109 cm³/mol. The molecule has 1 saturated heterocycles. The Hall–Kier alpha value is -2.60. The van der Waals surface area contributed by atoms with Crippen LogP contribution in [0.5, 0.6) is 0 Å². The predicted octanol–water partition coefficient (Wildman–Crippen LogP) is 2.90. The highest BCUT2D eigenvalue weighted by molar-refractivity contribution is 5.83. The molecule has 6 heteroatoms. The number of hydrogen-bond donors (Lipinski definition) is 2. The van der Waals surface area contributed by atoms with Crippen molar-refractivity contribution in [2.45, 2.75) is 25.7 Å². The summed E-state index contributed by atoms with van der Waals surface area (Å²) in [5, 5.41) is 7.96. The van der Waals surface area contributed by atoms with Gasteiger partial charge in [-0.25, -0.2) is 4.98 Å². The Kier molecular flexibility index (Phi) is 5.13. The summed E-state index contributed by atoms with van der Waals surface area (Å²) in [6.45, 7) is 12.0. The van der Waals surface area contributed by atoms with Crippen molar-refractivity contribution in [1.82, 2.24) is 24.8 Å². The van der Waals surface area contributed by atoms with Crippen molar-refractivity contribution in [3.05, 3.63) is 48.5 Å². The van der Waals surface area contributed by atoms with Crippen molar-refractivity contribution >= 4 is 22.6 Å². The number of allylic oxidation sites excluding steroid dienone is 3. The summed E-state index contributed by atoms with van der Waals surface area (Å²) in [5.74, 6) is 0.929. The summed E-state index contributed by atoms with van der Waals surface area (Å²) in [4.78, 5) is 7.01. The van der Waals surface area contributed by atoms with Gasteiger partial charge in [-0.15, -0.1) is 0 Å². The van der Waals surface area contributed by atoms with E-state index in [0.717, 1.165) is 59.5 Å². The number of nitrogens with zero attached hydrogens (tertiary/aromatic N) is 4. The second kappa shape index (κ2) is 7.33. The van der Waals surface area contributed by atoms with Crippen LogP contribution in [0.25, 0.3) is 16.8 Å². The summed E-state index contributed by atoms with van der Waals surface area (Å²) in [5.41, 5.74) is 12.0. The first-order valence-corrected chi connectivity index (χ1v) is 8.98. The smallest absolute Gasteiger partial charge is 0.165 e. The molecule has 0 aliphatic carbocycles. The lowest BCUT2D eigenvalue weighted by atomic mass is 9.90. The highest BCUT2D eigenvalue weighted by Gasteiger charge is 2.25. The number of hydrogen-bond acceptors (Lipinski definition) is 5. The minimum Gasteiger partial charge on any atom is -0.383 e. The van der Waals surface area contributed by atoms with Crippen LogP contribution < -0.4 is 11.1 Å². The minimum absolute atomic E-state index is 0.329. The first-order valence-electron chi connectivity index (χ1n) is 8.98. The van der Waals surface area contributed by atoms with Crippen LogP contribution in [-0.4, -0.2) is 46.7 Å². The highest BCUT2D eigenvalue weighted by Crippen LogP contribution is 2.34. The average molecular weight is 352 g/mol. The summed E-state index contributed by atoms with van der Waals surface area (Å²) in [7, 11) is 3.96. The topological polar surface area (TPSA) is 71.5 Å². The molecule has 0 radical (unpaired) electrons. The molecule has 1 fully saturated rings. The molecule has 0 bridgehead atoms. The lowest BCUT2D eigenvalue weighted by Gasteiger charge is -2.25. The van der Waals surface area contributed by atoms with Gasteiger partial charge in [-0.2, -0.15) is 9.61 Å². The standard InChI is InChI=1S/C20H28N6/c1-6-14(12-25(4)5)16-11-23-26-19(21)17(13(2)3)18(24-20(16)26)15-8-7-9-22-10-15/h6,11-12,15,22H,1-2,7-10,21H2,3-5H3/b14-12+. The molecule has 0 aromatic carbocycles. The van der Waals surface area contributed by atoms with Crippen molar-refractivity contribution in [2.24, 2.45) is 0 Å². The molecule has 0 saturated carbocycles. The van der Waals surface area contributed by atoms with Gasteiger partial charge in [-0.1, -0.05) is 19.2 Å². The van der Waals surface area contributed by atoms with Gasteiger partial charge < -0.3 is 16.0 Å². The number of rotatable bonds is 5. The Morgan fingerprint density at radius 1 is 1.46 bits per heavy atom. The largest absolute Gasteiger partial charge is 0.383 e. The van der Waals surface area contributed by atoms with Crippen molar-refractivity contribution < 1.29 is 0 Å². The van der Waals surface area contributed by atoms with E-state index in [9.17, 15) is 0 Å². The quantitative estimate of drug-likeness (QED) is 0.810. The first kappa shape index (κ1) is 18.2. The van der Waals surface area contributed by atoms with Gasteiger partial charge in [0.05, 0.1) is 11.9 Å². The third kappa shape index (κ3) is 3.24. The molecule has 138 valence electrons. The van der Waals surface area contributed by atoms with Gasteiger partial charge in [0, 0.05) is 49.5 Å². The molecule has 1 aliphatic heterocycles. The Bertz CT molecular complexity index is 868. The number of piperidine rings is 1. The number of aromatic nitrogens is 3. The third-order valence-corrected chi connectivity index (χ3v) is 4.75. The number of nitrogens with one attached hydrogen (secondary N) is 1. The molecule has 0 amide bonds. The highest BCUT2D eigenvalue weighted by atomic mass is 15.3. The molecule has 1 unspecified atom stereocenters. The fraction of sp³-hybridized carbons (Fsp3) is 0.400. The maximum absolute atomic E-state index is 6.51. The van der Waals surface area contributed by atoms with Gasteiger partial charge in [0.15, 0.2) is 5.65 Å². The fourth-order valence-corrected chi connectivity index (χ4v) is 3.56. The molecule has 1 aliphatic rings. The molecule has 3 heterocycles. The van der Waals surface area contributed by atoms with E-state index in [1.807, 2.05) is 38.2 Å². The summed E-state index contributed by atoms with van der Waals surface area (Å²) < 4.78 is 1.71. The van der Waals surface area contributed by atoms with Crippen molar-refractivity contribution in [3.63, 3.8) is 0 Å². The SMILES string of the molecule is C=C/C(=C\N(C)C)c1cnn2c(N)c(C(=C)C)c(C3CCCNC3)nc12. The molecule has 0 spiro atoms. The summed E-state index contributed by atoms with van der Waals surface area (Å²) in [6.07, 6.45) is 7.87. The Labute approximate surface area is 155 Å². The third-order valence-electron chi connectivity index (χ3n) is 4.75. The number of nitrogens with two attached hydrogens (primary N) is 1. The van der Waals surface area contributed by atoms with Crippen LogP contribution in [0.4, 0.5) is 5.82 Å². The van der Waals surface area contributed by atoms with E-state index >= 15 is 0 Å². The van der Waals surface area contributed by atoms with E-state index < -0.39 is 0 Å². The van der Waals surface area contributed by atoms with E-state index in [1.54, 1.807) is 10.7 Å². The van der Waals surface area contributed by atoms with Gasteiger partial charge in [0.1, 0.15) is 5.82 Å². The average Bonchev–Trinajstić information content (AvgIpc) is 3.04. The Morgan fingerprint density at radius 3 is 2.81 bits per heavy atom. The molecule has 6 nitrogen and oxygen atoms in total. The molecule has 1 atom stereocenters. The molecular weight excluding hydrogens is 324 g/mol. The van der Waals surface area contributed by atoms with Gasteiger partial charge in [-0.05, 0) is 31.9 Å². The van der Waals surface area contributed by atoms with Crippen molar-refractivity contribution in [2.75, 3.05) is 32.9 Å². The van der Waals surface area contributed by atoms with Crippen LogP contribution in [-0.2, 0) is 0 Å². The lowest BCUT2D eigenvalue weighted by Crippen LogP contribution is -2.30. The number of nitrogen functional groups attached to an aromatic ring is 1. The van der Waals surface area contributed by atoms with Crippen LogP contribution in [0.15, 0.2) is 31.6 Å². The lowest BCUT2D eigenvalue weighted by molar-refractivity contribution is 0.454. The Balaban J connectivity index is 2.25. The Morgan fingerprint density at radius 2 is 2.23 bits per heavy atom. The molecule has 2 aromatic rings. The van der Waals surface area contributed by atoms with E-state index in [4.69, 9.17) is 10.7 Å². The molecule has 3 rings (SSSR count). The van der Waals surface area contributed by atoms with Crippen molar-refractivity contribution in [3.8, 4) is 0 Å². The van der Waals surface area contributed by atoms with Gasteiger partial charge in [-0.3, -0.25) is 0 Å². The van der Waals surface area contributed by atoms with E-state index in [-0.39, 0.29) is 0 Å². The number of fused-ring (bicyclic) bond motifs is 1. The van der Waals surface area contributed by atoms with Gasteiger partial charge >= 0.3 is 0 Å². The molecule has 2 aromatic heterocycles. The van der Waals surface area contributed by atoms with E-state index in [2.05, 4.69) is 23.6 Å². The monoisotopic (exact) mass is 352 g/mol. The van der Waals surface area contributed by atoms with Gasteiger partial charge in [0.2, 0.25) is 0 Å². The molecule has 3 N–H and O–H groups in total. The van der Waals surface area contributed by atoms with E-state index in [1.165, 1.54) is 0 Å². The first-order chi connectivity index (χ1) is 12.4. The minimum atomic E-state index is 0.329. The second-order valence-corrected chi connectivity index (χ2v) is 7.13. The van der Waals surface area contributed by atoms with Crippen molar-refractivity contribution in [1.29, 1.82) is 0 Å². The maximum Gasteiger partial charge on any atom is 0.165 e. The van der Waals surface area contributed by atoms with Crippen LogP contribution in [0.1, 0.15) is 42.5 Å². The fourth-order valence-electron chi connectivity index (χ4n) is 3.56. The summed E-state index contributed by atoms with van der Waals surface area (Å²) in [6, 6.07) is 0. The second-order valence-electron chi connectivity index (χ2n) is 7.13. The maximum atomic E-state index is 6.51. The molecule has 26 heavy (non-hydrogen) atoms. The normalized spacial score (nSPS) is 18.1. The molecular formula is C20H28N6. The zero-order valence-corrected chi connectivity index (χ0v) is 15.9. The van der Waals surface area contributed by atoms with Gasteiger partial charge in [0.25, 0.3) is 0 Å².